The van der Waals surface area contributed by atoms with Crippen molar-refractivity contribution in [1.82, 2.24) is 5.32 Å². The first-order chi connectivity index (χ1) is 13.4. The molecule has 28 heavy (non-hydrogen) atoms. The largest absolute Gasteiger partial charge is 0.488 e. The molecule has 0 spiro atoms. The summed E-state index contributed by atoms with van der Waals surface area (Å²) in [5.41, 5.74) is 0. The quantitative estimate of drug-likeness (QED) is 0.355. The zero-order chi connectivity index (χ0) is 20.1. The Morgan fingerprint density at radius 3 is 3.07 bits per heavy atom. The molecule has 3 rings (SSSR count). The van der Waals surface area contributed by atoms with Gasteiger partial charge in [-0.3, -0.25) is 9.79 Å². The van der Waals surface area contributed by atoms with Crippen molar-refractivity contribution >= 4 is 34.7 Å². The highest BCUT2D eigenvalue weighted by molar-refractivity contribution is 7.14. The van der Waals surface area contributed by atoms with Crippen LogP contribution in [0.3, 0.4) is 0 Å². The first-order valence-electron chi connectivity index (χ1n) is 9.36. The van der Waals surface area contributed by atoms with Crippen molar-refractivity contribution < 1.29 is 24.9 Å². The minimum absolute atomic E-state index is 0.0661. The Balaban J connectivity index is 1.49. The van der Waals surface area contributed by atoms with E-state index < -0.39 is 18.2 Å². The van der Waals surface area contributed by atoms with E-state index in [1.165, 1.54) is 11.3 Å². The number of carboxylic acids is 1. The highest BCUT2D eigenvalue weighted by Gasteiger charge is 2.45. The number of hydrogen-bond donors (Lipinski definition) is 4. The molecule has 2 fully saturated rings. The van der Waals surface area contributed by atoms with Crippen molar-refractivity contribution in [2.24, 2.45) is 16.8 Å². The SMILES string of the molecule is O=C(O)CCCN=C1CC2C(CC(O)C2C=C[C@H](O)COc2ccsc2Cl)N1. The van der Waals surface area contributed by atoms with Crippen LogP contribution in [0.5, 0.6) is 5.75 Å². The van der Waals surface area contributed by atoms with Crippen molar-refractivity contribution in [2.75, 3.05) is 13.2 Å². The van der Waals surface area contributed by atoms with E-state index in [9.17, 15) is 15.0 Å². The summed E-state index contributed by atoms with van der Waals surface area (Å²) >= 11 is 7.34. The average molecular weight is 429 g/mol. The van der Waals surface area contributed by atoms with Gasteiger partial charge in [0.1, 0.15) is 22.8 Å². The van der Waals surface area contributed by atoms with Crippen LogP contribution < -0.4 is 10.1 Å². The lowest BCUT2D eigenvalue weighted by Gasteiger charge is -2.16. The number of amidine groups is 1. The van der Waals surface area contributed by atoms with Gasteiger partial charge in [-0.05, 0) is 30.2 Å². The van der Waals surface area contributed by atoms with Crippen molar-refractivity contribution in [1.29, 1.82) is 0 Å². The van der Waals surface area contributed by atoms with E-state index in [0.717, 1.165) is 12.3 Å². The van der Waals surface area contributed by atoms with E-state index in [4.69, 9.17) is 21.4 Å². The molecule has 1 aromatic heterocycles. The molecule has 1 saturated heterocycles. The monoisotopic (exact) mass is 428 g/mol. The average Bonchev–Trinajstić information content (AvgIpc) is 3.30. The molecule has 1 aliphatic heterocycles. The van der Waals surface area contributed by atoms with E-state index in [1.807, 2.05) is 11.5 Å². The van der Waals surface area contributed by atoms with Crippen LogP contribution in [0, 0.1) is 11.8 Å². The van der Waals surface area contributed by atoms with Crippen LogP contribution in [0.15, 0.2) is 28.6 Å². The molecule has 9 heteroatoms. The second-order valence-electron chi connectivity index (χ2n) is 7.15. The van der Waals surface area contributed by atoms with Gasteiger partial charge in [-0.15, -0.1) is 11.3 Å². The second-order valence-corrected chi connectivity index (χ2v) is 8.66. The van der Waals surface area contributed by atoms with Gasteiger partial charge in [0, 0.05) is 31.3 Å². The van der Waals surface area contributed by atoms with Gasteiger partial charge in [-0.1, -0.05) is 23.8 Å². The molecule has 1 aromatic rings. The Hall–Kier alpha value is -1.61. The summed E-state index contributed by atoms with van der Waals surface area (Å²) in [6.45, 7) is 0.580. The Labute approximate surface area is 172 Å². The van der Waals surface area contributed by atoms with Crippen molar-refractivity contribution in [3.63, 3.8) is 0 Å². The summed E-state index contributed by atoms with van der Waals surface area (Å²) in [5.74, 6) is 0.770. The number of ether oxygens (including phenoxy) is 1. The van der Waals surface area contributed by atoms with E-state index in [-0.39, 0.29) is 30.9 Å². The highest BCUT2D eigenvalue weighted by atomic mass is 35.5. The standard InChI is InChI=1S/C19H25ClN2O5S/c20-19-16(5-7-28-19)27-10-11(23)3-4-12-13-8-17(21-6-1-2-18(25)26)22-14(13)9-15(12)24/h3-5,7,11-15,23-24H,1-2,6,8-10H2,(H,21,22)(H,25,26)/t11-,12?,13?,14?,15?/m0/s1. The molecule has 0 amide bonds. The molecule has 4 unspecified atom stereocenters. The molecule has 2 heterocycles. The summed E-state index contributed by atoms with van der Waals surface area (Å²) < 4.78 is 6.05. The van der Waals surface area contributed by atoms with Crippen molar-refractivity contribution in [3.8, 4) is 5.75 Å². The molecule has 5 atom stereocenters. The predicted molar refractivity (Wildman–Crippen MR) is 108 cm³/mol. The molecule has 2 aliphatic rings. The molecule has 154 valence electrons. The zero-order valence-electron chi connectivity index (χ0n) is 15.3. The molecule has 7 nitrogen and oxygen atoms in total. The maximum Gasteiger partial charge on any atom is 0.303 e. The van der Waals surface area contributed by atoms with Crippen LogP contribution in [0.2, 0.25) is 4.34 Å². The third-order valence-corrected chi connectivity index (χ3v) is 6.27. The number of hydrogen-bond acceptors (Lipinski definition) is 6. The van der Waals surface area contributed by atoms with Gasteiger partial charge in [0.25, 0.3) is 0 Å². The van der Waals surface area contributed by atoms with Gasteiger partial charge < -0.3 is 25.4 Å². The molecule has 0 bridgehead atoms. The topological polar surface area (TPSA) is 111 Å². The number of fused-ring (bicyclic) bond motifs is 1. The lowest BCUT2D eigenvalue weighted by atomic mass is 9.91. The fraction of sp³-hybridized carbons (Fsp3) is 0.579. The van der Waals surface area contributed by atoms with Gasteiger partial charge in [0.2, 0.25) is 0 Å². The second kappa shape index (κ2) is 9.73. The first-order valence-corrected chi connectivity index (χ1v) is 10.6. The Morgan fingerprint density at radius 2 is 2.36 bits per heavy atom. The first kappa shape index (κ1) is 21.1. The van der Waals surface area contributed by atoms with Crippen LogP contribution in [0.25, 0.3) is 0 Å². The molecule has 1 aliphatic carbocycles. The number of aliphatic hydroxyl groups excluding tert-OH is 2. The smallest absolute Gasteiger partial charge is 0.303 e. The highest BCUT2D eigenvalue weighted by Crippen LogP contribution is 2.39. The number of carbonyl (C=O) groups is 1. The molecular weight excluding hydrogens is 404 g/mol. The van der Waals surface area contributed by atoms with Gasteiger partial charge in [-0.25, -0.2) is 0 Å². The summed E-state index contributed by atoms with van der Waals surface area (Å²) in [7, 11) is 0. The van der Waals surface area contributed by atoms with Gasteiger partial charge in [0.05, 0.1) is 11.9 Å². The minimum atomic E-state index is -0.811. The van der Waals surface area contributed by atoms with Crippen LogP contribution in [-0.2, 0) is 4.79 Å². The number of nitrogens with zero attached hydrogens (tertiary/aromatic N) is 1. The zero-order valence-corrected chi connectivity index (χ0v) is 16.9. The normalized spacial score (nSPS) is 29.2. The van der Waals surface area contributed by atoms with Gasteiger partial charge in [0.15, 0.2) is 0 Å². The number of aliphatic carboxylic acids is 1. The Bertz CT molecular complexity index is 738. The number of aliphatic hydroxyl groups is 2. The summed E-state index contributed by atoms with van der Waals surface area (Å²) in [6.07, 6.45) is 4.26. The molecular formula is C19H25ClN2O5S. The maximum absolute atomic E-state index is 10.6. The molecule has 0 radical (unpaired) electrons. The third kappa shape index (κ3) is 5.47. The molecule has 1 saturated carbocycles. The summed E-state index contributed by atoms with van der Waals surface area (Å²) in [4.78, 5) is 15.0. The summed E-state index contributed by atoms with van der Waals surface area (Å²) in [5, 5.41) is 34.4. The number of aliphatic imine (C=N–C) groups is 1. The van der Waals surface area contributed by atoms with E-state index >= 15 is 0 Å². The van der Waals surface area contributed by atoms with Gasteiger partial charge in [-0.2, -0.15) is 0 Å². The lowest BCUT2D eigenvalue weighted by molar-refractivity contribution is -0.137. The fourth-order valence-corrected chi connectivity index (χ4v) is 4.61. The van der Waals surface area contributed by atoms with Crippen LogP contribution in [0.1, 0.15) is 25.7 Å². The predicted octanol–water partition coefficient (Wildman–Crippen LogP) is 2.32. The number of thiophene rings is 1. The molecule has 4 N–H and O–H groups in total. The Kier molecular flexibility index (Phi) is 7.34. The summed E-state index contributed by atoms with van der Waals surface area (Å²) in [6, 6.07) is 1.91. The van der Waals surface area contributed by atoms with Crippen molar-refractivity contribution in [3.05, 3.63) is 27.9 Å². The number of rotatable bonds is 9. The minimum Gasteiger partial charge on any atom is -0.488 e. The number of nitrogens with one attached hydrogen (secondary N) is 1. The van der Waals surface area contributed by atoms with E-state index in [2.05, 4.69) is 10.3 Å². The lowest BCUT2D eigenvalue weighted by Crippen LogP contribution is -2.27. The van der Waals surface area contributed by atoms with Crippen LogP contribution in [-0.4, -0.2) is 58.5 Å². The van der Waals surface area contributed by atoms with Gasteiger partial charge >= 0.3 is 5.97 Å². The van der Waals surface area contributed by atoms with E-state index in [0.29, 0.717) is 29.5 Å². The maximum atomic E-state index is 10.6. The van der Waals surface area contributed by atoms with Crippen molar-refractivity contribution in [2.45, 2.75) is 43.9 Å². The number of halogens is 1. The number of carboxylic acid groups (broad SMARTS) is 1. The fourth-order valence-electron chi connectivity index (χ4n) is 3.78. The van der Waals surface area contributed by atoms with E-state index in [1.54, 1.807) is 12.1 Å². The molecule has 0 aromatic carbocycles. The third-order valence-electron chi connectivity index (χ3n) is 5.13. The Morgan fingerprint density at radius 1 is 1.54 bits per heavy atom. The van der Waals surface area contributed by atoms with Crippen LogP contribution >= 0.6 is 22.9 Å². The van der Waals surface area contributed by atoms with Crippen LogP contribution in [0.4, 0.5) is 0 Å².